The van der Waals surface area contributed by atoms with Gasteiger partial charge in [-0.15, -0.1) is 0 Å². The molecule has 0 amide bonds. The summed E-state index contributed by atoms with van der Waals surface area (Å²) in [5.41, 5.74) is 6.21. The maximum atomic E-state index is 12.3. The lowest BCUT2D eigenvalue weighted by molar-refractivity contribution is 0.409. The lowest BCUT2D eigenvalue weighted by Gasteiger charge is -2.09. The first-order valence-electron chi connectivity index (χ1n) is 6.39. The summed E-state index contributed by atoms with van der Waals surface area (Å²) in [6.45, 7) is 1.88. The normalized spacial score (nSPS) is 11.6. The standard InChI is InChI=1S/C14H18N2O4S/c1-10-14(7-12(8-15)20-10)21(17,18)16-9-11-5-3-4-6-13(11)19-2/h3-7,16H,8-9,15H2,1-2H3. The van der Waals surface area contributed by atoms with Gasteiger partial charge in [-0.05, 0) is 13.0 Å². The molecule has 0 atom stereocenters. The molecule has 1 heterocycles. The fraction of sp³-hybridized carbons (Fsp3) is 0.286. The molecule has 0 radical (unpaired) electrons. The van der Waals surface area contributed by atoms with Crippen molar-refractivity contribution in [3.05, 3.63) is 47.4 Å². The molecule has 7 heteroatoms. The lowest BCUT2D eigenvalue weighted by atomic mass is 10.2. The number of nitrogens with one attached hydrogen (secondary N) is 1. The SMILES string of the molecule is COc1ccccc1CNS(=O)(=O)c1cc(CN)oc1C. The maximum Gasteiger partial charge on any atom is 0.244 e. The zero-order valence-corrected chi connectivity index (χ0v) is 12.7. The van der Waals surface area contributed by atoms with E-state index in [1.165, 1.54) is 6.07 Å². The van der Waals surface area contributed by atoms with Gasteiger partial charge >= 0.3 is 0 Å². The smallest absolute Gasteiger partial charge is 0.244 e. The van der Waals surface area contributed by atoms with Crippen molar-refractivity contribution < 1.29 is 17.6 Å². The number of benzene rings is 1. The van der Waals surface area contributed by atoms with Crippen LogP contribution in [0.5, 0.6) is 5.75 Å². The van der Waals surface area contributed by atoms with Gasteiger partial charge in [0.1, 0.15) is 22.2 Å². The van der Waals surface area contributed by atoms with Crippen molar-refractivity contribution in [2.45, 2.75) is 24.9 Å². The van der Waals surface area contributed by atoms with E-state index >= 15 is 0 Å². The van der Waals surface area contributed by atoms with E-state index in [0.717, 1.165) is 5.56 Å². The molecule has 114 valence electrons. The summed E-state index contributed by atoms with van der Waals surface area (Å²) in [5.74, 6) is 1.39. The molecule has 0 saturated heterocycles. The molecule has 6 nitrogen and oxygen atoms in total. The van der Waals surface area contributed by atoms with Gasteiger partial charge in [-0.2, -0.15) is 0 Å². The molecule has 0 aliphatic rings. The second kappa shape index (κ2) is 6.30. The van der Waals surface area contributed by atoms with Gasteiger partial charge < -0.3 is 14.9 Å². The first-order valence-corrected chi connectivity index (χ1v) is 7.87. The van der Waals surface area contributed by atoms with Crippen LogP contribution in [0.1, 0.15) is 17.1 Å². The number of para-hydroxylation sites is 1. The van der Waals surface area contributed by atoms with Crippen LogP contribution in [0.15, 0.2) is 39.6 Å². The zero-order chi connectivity index (χ0) is 15.5. The Labute approximate surface area is 124 Å². The second-order valence-corrected chi connectivity index (χ2v) is 6.21. The molecule has 0 spiro atoms. The highest BCUT2D eigenvalue weighted by Crippen LogP contribution is 2.21. The van der Waals surface area contributed by atoms with Gasteiger partial charge in [-0.1, -0.05) is 18.2 Å². The van der Waals surface area contributed by atoms with Crippen molar-refractivity contribution in [1.29, 1.82) is 0 Å². The average Bonchev–Trinajstić information content (AvgIpc) is 2.87. The van der Waals surface area contributed by atoms with Crippen molar-refractivity contribution in [3.8, 4) is 5.75 Å². The highest BCUT2D eigenvalue weighted by molar-refractivity contribution is 7.89. The van der Waals surface area contributed by atoms with Crippen LogP contribution >= 0.6 is 0 Å². The number of hydrogen-bond acceptors (Lipinski definition) is 5. The molecule has 2 aromatic rings. The Morgan fingerprint density at radius 1 is 1.33 bits per heavy atom. The Morgan fingerprint density at radius 3 is 2.67 bits per heavy atom. The quantitative estimate of drug-likeness (QED) is 0.844. The third kappa shape index (κ3) is 3.44. The van der Waals surface area contributed by atoms with E-state index in [1.807, 2.05) is 12.1 Å². The molecule has 0 saturated carbocycles. The number of rotatable bonds is 6. The molecule has 0 bridgehead atoms. The number of furan rings is 1. The van der Waals surface area contributed by atoms with Gasteiger partial charge in [0.2, 0.25) is 10.0 Å². The molecule has 0 fully saturated rings. The Kier molecular flexibility index (Phi) is 4.66. The predicted molar refractivity (Wildman–Crippen MR) is 78.4 cm³/mol. The number of nitrogens with two attached hydrogens (primary N) is 1. The van der Waals surface area contributed by atoms with Crippen molar-refractivity contribution in [2.75, 3.05) is 7.11 Å². The Balaban J connectivity index is 2.20. The fourth-order valence-corrected chi connectivity index (χ4v) is 3.20. The number of methoxy groups -OCH3 is 1. The molecular weight excluding hydrogens is 292 g/mol. The van der Waals surface area contributed by atoms with Crippen LogP contribution in [0.2, 0.25) is 0 Å². The molecule has 0 aliphatic carbocycles. The van der Waals surface area contributed by atoms with Crippen LogP contribution in [-0.2, 0) is 23.1 Å². The minimum atomic E-state index is -3.66. The summed E-state index contributed by atoms with van der Waals surface area (Å²) >= 11 is 0. The average molecular weight is 310 g/mol. The van der Waals surface area contributed by atoms with E-state index in [4.69, 9.17) is 14.9 Å². The summed E-state index contributed by atoms with van der Waals surface area (Å²) in [6, 6.07) is 8.67. The summed E-state index contributed by atoms with van der Waals surface area (Å²) in [4.78, 5) is 0.109. The van der Waals surface area contributed by atoms with E-state index in [1.54, 1.807) is 26.2 Å². The molecule has 3 N–H and O–H groups in total. The number of hydrogen-bond donors (Lipinski definition) is 2. The van der Waals surface area contributed by atoms with Gasteiger partial charge in [0.25, 0.3) is 0 Å². The summed E-state index contributed by atoms with van der Waals surface area (Å²) in [7, 11) is -2.12. The largest absolute Gasteiger partial charge is 0.496 e. The van der Waals surface area contributed by atoms with Crippen LogP contribution in [0.3, 0.4) is 0 Å². The van der Waals surface area contributed by atoms with Crippen LogP contribution in [-0.4, -0.2) is 15.5 Å². The van der Waals surface area contributed by atoms with E-state index in [-0.39, 0.29) is 18.0 Å². The molecule has 2 rings (SSSR count). The van der Waals surface area contributed by atoms with Crippen molar-refractivity contribution >= 4 is 10.0 Å². The fourth-order valence-electron chi connectivity index (χ4n) is 1.99. The van der Waals surface area contributed by atoms with E-state index < -0.39 is 10.0 Å². The highest BCUT2D eigenvalue weighted by atomic mass is 32.2. The van der Waals surface area contributed by atoms with E-state index in [0.29, 0.717) is 17.3 Å². The minimum absolute atomic E-state index is 0.109. The van der Waals surface area contributed by atoms with Gasteiger partial charge in [-0.3, -0.25) is 0 Å². The lowest BCUT2D eigenvalue weighted by Crippen LogP contribution is -2.23. The van der Waals surface area contributed by atoms with E-state index in [2.05, 4.69) is 4.72 Å². The predicted octanol–water partition coefficient (Wildman–Crippen LogP) is 1.53. The number of aryl methyl sites for hydroxylation is 1. The Morgan fingerprint density at radius 2 is 2.05 bits per heavy atom. The van der Waals surface area contributed by atoms with Crippen molar-refractivity contribution in [2.24, 2.45) is 5.73 Å². The minimum Gasteiger partial charge on any atom is -0.496 e. The second-order valence-electron chi connectivity index (χ2n) is 4.47. The maximum absolute atomic E-state index is 12.3. The molecule has 0 unspecified atom stereocenters. The third-order valence-electron chi connectivity index (χ3n) is 3.06. The summed E-state index contributed by atoms with van der Waals surface area (Å²) in [5, 5.41) is 0. The van der Waals surface area contributed by atoms with Gasteiger partial charge in [0, 0.05) is 18.2 Å². The van der Waals surface area contributed by atoms with Gasteiger partial charge in [0.15, 0.2) is 0 Å². The third-order valence-corrected chi connectivity index (χ3v) is 4.57. The zero-order valence-electron chi connectivity index (χ0n) is 11.9. The van der Waals surface area contributed by atoms with Crippen LogP contribution < -0.4 is 15.2 Å². The summed E-state index contributed by atoms with van der Waals surface area (Å²) < 4.78 is 37.6. The summed E-state index contributed by atoms with van der Waals surface area (Å²) in [6.07, 6.45) is 0. The molecular formula is C14H18N2O4S. The van der Waals surface area contributed by atoms with Crippen LogP contribution in [0, 0.1) is 6.92 Å². The number of sulfonamides is 1. The first-order chi connectivity index (χ1) is 9.97. The highest BCUT2D eigenvalue weighted by Gasteiger charge is 2.21. The van der Waals surface area contributed by atoms with Crippen LogP contribution in [0.4, 0.5) is 0 Å². The monoisotopic (exact) mass is 310 g/mol. The molecule has 1 aromatic carbocycles. The van der Waals surface area contributed by atoms with Gasteiger partial charge in [0.05, 0.1) is 13.7 Å². The van der Waals surface area contributed by atoms with Gasteiger partial charge in [-0.25, -0.2) is 13.1 Å². The Bertz CT molecular complexity index is 722. The number of ether oxygens (including phenoxy) is 1. The molecule has 1 aromatic heterocycles. The van der Waals surface area contributed by atoms with Crippen molar-refractivity contribution in [3.63, 3.8) is 0 Å². The van der Waals surface area contributed by atoms with Crippen LogP contribution in [0.25, 0.3) is 0 Å². The van der Waals surface area contributed by atoms with Crippen molar-refractivity contribution in [1.82, 2.24) is 4.72 Å². The van der Waals surface area contributed by atoms with E-state index in [9.17, 15) is 8.42 Å². The first kappa shape index (κ1) is 15.6. The molecule has 0 aliphatic heterocycles. The Hall–Kier alpha value is -1.83. The molecule has 21 heavy (non-hydrogen) atoms. The topological polar surface area (TPSA) is 94.6 Å².